The number of hydrogen-bond donors (Lipinski definition) is 1. The molecule has 0 radical (unpaired) electrons. The summed E-state index contributed by atoms with van der Waals surface area (Å²) in [6, 6.07) is 0. The molecular weight excluding hydrogens is 144 g/mol. The number of thiol groups is 1. The maximum absolute atomic E-state index is 5.24. The minimum absolute atomic E-state index is 0.501. The van der Waals surface area contributed by atoms with Crippen LogP contribution in [0.4, 0.5) is 0 Å². The third kappa shape index (κ3) is 0.817. The molecule has 0 bridgehead atoms. The summed E-state index contributed by atoms with van der Waals surface area (Å²) in [5.41, 5.74) is 0.501. The average Bonchev–Trinajstić information content (AvgIpc) is 1.73. The van der Waals surface area contributed by atoms with Crippen LogP contribution in [0.5, 0.6) is 0 Å². The van der Waals surface area contributed by atoms with Crippen LogP contribution in [0.15, 0.2) is 0 Å². The van der Waals surface area contributed by atoms with E-state index in [1.54, 1.807) is 0 Å². The molecule has 0 atom stereocenters. The first kappa shape index (κ1) is 6.99. The molecule has 2 fully saturated rings. The van der Waals surface area contributed by atoms with Crippen LogP contribution in [0.3, 0.4) is 0 Å². The minimum atomic E-state index is 0.501. The van der Waals surface area contributed by atoms with Crippen LogP contribution in [-0.2, 0) is 4.74 Å². The van der Waals surface area contributed by atoms with Crippen LogP contribution >= 0.6 is 12.6 Å². The minimum Gasteiger partial charge on any atom is -0.380 e. The topological polar surface area (TPSA) is 9.23 Å². The molecule has 1 heterocycles. The largest absolute Gasteiger partial charge is 0.380 e. The molecule has 1 aliphatic heterocycles. The van der Waals surface area contributed by atoms with E-state index >= 15 is 0 Å². The average molecular weight is 158 g/mol. The highest BCUT2D eigenvalue weighted by molar-refractivity contribution is 7.80. The fourth-order valence-corrected chi connectivity index (χ4v) is 2.28. The summed E-state index contributed by atoms with van der Waals surface area (Å²) in [5.74, 6) is 1.97. The molecule has 0 spiro atoms. The van der Waals surface area contributed by atoms with E-state index in [-0.39, 0.29) is 0 Å². The molecule has 1 nitrogen and oxygen atoms in total. The third-order valence-corrected chi connectivity index (χ3v) is 3.69. The molecule has 0 aromatic carbocycles. The van der Waals surface area contributed by atoms with Crippen LogP contribution < -0.4 is 0 Å². The van der Waals surface area contributed by atoms with Crippen LogP contribution in [0, 0.1) is 11.3 Å². The smallest absolute Gasteiger partial charge is 0.0555 e. The lowest BCUT2D eigenvalue weighted by atomic mass is 9.65. The van der Waals surface area contributed by atoms with Crippen molar-refractivity contribution in [1.82, 2.24) is 0 Å². The monoisotopic (exact) mass is 158 g/mol. The van der Waals surface area contributed by atoms with Gasteiger partial charge in [-0.3, -0.25) is 0 Å². The number of hydrogen-bond acceptors (Lipinski definition) is 2. The van der Waals surface area contributed by atoms with Crippen molar-refractivity contribution in [3.05, 3.63) is 0 Å². The Kier molecular flexibility index (Phi) is 1.69. The van der Waals surface area contributed by atoms with Crippen molar-refractivity contribution in [2.75, 3.05) is 19.0 Å². The summed E-state index contributed by atoms with van der Waals surface area (Å²) < 4.78 is 5.24. The highest BCUT2D eigenvalue weighted by Gasteiger charge is 2.46. The lowest BCUT2D eigenvalue weighted by molar-refractivity contribution is -0.146. The zero-order valence-corrected chi connectivity index (χ0v) is 7.07. The molecule has 58 valence electrons. The molecule has 0 unspecified atom stereocenters. The van der Waals surface area contributed by atoms with Gasteiger partial charge in [-0.1, -0.05) is 6.42 Å². The first-order valence-corrected chi connectivity index (χ1v) is 4.69. The fourth-order valence-electron chi connectivity index (χ4n) is 1.84. The van der Waals surface area contributed by atoms with E-state index in [0.717, 1.165) is 24.9 Å². The van der Waals surface area contributed by atoms with Crippen molar-refractivity contribution in [3.8, 4) is 0 Å². The highest BCUT2D eigenvalue weighted by atomic mass is 32.1. The van der Waals surface area contributed by atoms with Gasteiger partial charge in [-0.25, -0.2) is 0 Å². The molecule has 0 aromatic rings. The summed E-state index contributed by atoms with van der Waals surface area (Å²) in [6.07, 6.45) is 4.27. The standard InChI is InChI=1S/C8H14OS/c10-6-8(4-9-5-8)7-2-1-3-7/h7,10H,1-6H2. The second-order valence-corrected chi connectivity index (χ2v) is 3.96. The number of rotatable bonds is 2. The summed E-state index contributed by atoms with van der Waals surface area (Å²) >= 11 is 4.38. The highest BCUT2D eigenvalue weighted by Crippen LogP contribution is 2.47. The maximum atomic E-state index is 5.24. The maximum Gasteiger partial charge on any atom is 0.0555 e. The zero-order valence-electron chi connectivity index (χ0n) is 6.18. The molecule has 0 amide bonds. The van der Waals surface area contributed by atoms with E-state index in [1.807, 2.05) is 0 Å². The van der Waals surface area contributed by atoms with Crippen molar-refractivity contribution >= 4 is 12.6 Å². The number of ether oxygens (including phenoxy) is 1. The second-order valence-electron chi connectivity index (χ2n) is 3.64. The summed E-state index contributed by atoms with van der Waals surface area (Å²) in [7, 11) is 0. The Morgan fingerprint density at radius 3 is 2.20 bits per heavy atom. The van der Waals surface area contributed by atoms with Gasteiger partial charge in [0.2, 0.25) is 0 Å². The lowest BCUT2D eigenvalue weighted by Gasteiger charge is -2.50. The van der Waals surface area contributed by atoms with Gasteiger partial charge in [-0.05, 0) is 18.8 Å². The first-order chi connectivity index (χ1) is 4.87. The fraction of sp³-hybridized carbons (Fsp3) is 1.00. The van der Waals surface area contributed by atoms with Gasteiger partial charge < -0.3 is 4.74 Å². The molecule has 2 rings (SSSR count). The van der Waals surface area contributed by atoms with Crippen LogP contribution in [0.1, 0.15) is 19.3 Å². The van der Waals surface area contributed by atoms with Gasteiger partial charge >= 0.3 is 0 Å². The van der Waals surface area contributed by atoms with Gasteiger partial charge in [0.15, 0.2) is 0 Å². The van der Waals surface area contributed by atoms with Gasteiger partial charge in [0.05, 0.1) is 13.2 Å². The SMILES string of the molecule is SCC1(C2CCC2)COC1. The molecule has 0 N–H and O–H groups in total. The van der Waals surface area contributed by atoms with Gasteiger partial charge in [-0.2, -0.15) is 12.6 Å². The second kappa shape index (κ2) is 2.42. The first-order valence-electron chi connectivity index (χ1n) is 4.06. The van der Waals surface area contributed by atoms with Crippen molar-refractivity contribution in [2.45, 2.75) is 19.3 Å². The normalized spacial score (nSPS) is 30.9. The lowest BCUT2D eigenvalue weighted by Crippen LogP contribution is -2.52. The van der Waals surface area contributed by atoms with Crippen LogP contribution in [0.2, 0.25) is 0 Å². The predicted octanol–water partition coefficient (Wildman–Crippen LogP) is 1.73. The van der Waals surface area contributed by atoms with Gasteiger partial charge in [0.25, 0.3) is 0 Å². The Balaban J connectivity index is 1.96. The quantitative estimate of drug-likeness (QED) is 0.602. The Morgan fingerprint density at radius 2 is 2.10 bits per heavy atom. The molecular formula is C8H14OS. The Bertz CT molecular complexity index is 122. The van der Waals surface area contributed by atoms with Crippen LogP contribution in [-0.4, -0.2) is 19.0 Å². The van der Waals surface area contributed by atoms with Crippen LogP contribution in [0.25, 0.3) is 0 Å². The Labute approximate surface area is 67.6 Å². The molecule has 1 saturated heterocycles. The molecule has 2 aliphatic rings. The van der Waals surface area contributed by atoms with Gasteiger partial charge in [0.1, 0.15) is 0 Å². The van der Waals surface area contributed by atoms with Crippen molar-refractivity contribution < 1.29 is 4.74 Å². The van der Waals surface area contributed by atoms with Crippen molar-refractivity contribution in [2.24, 2.45) is 11.3 Å². The Morgan fingerprint density at radius 1 is 1.40 bits per heavy atom. The molecule has 2 heteroatoms. The van der Waals surface area contributed by atoms with Gasteiger partial charge in [-0.15, -0.1) is 0 Å². The molecule has 1 aliphatic carbocycles. The third-order valence-electron chi connectivity index (χ3n) is 3.07. The molecule has 1 saturated carbocycles. The summed E-state index contributed by atoms with van der Waals surface area (Å²) in [4.78, 5) is 0. The zero-order chi connectivity index (χ0) is 7.03. The van der Waals surface area contributed by atoms with E-state index in [4.69, 9.17) is 4.74 Å². The predicted molar refractivity (Wildman–Crippen MR) is 44.4 cm³/mol. The van der Waals surface area contributed by atoms with E-state index in [0.29, 0.717) is 5.41 Å². The van der Waals surface area contributed by atoms with Gasteiger partial charge in [0, 0.05) is 11.2 Å². The van der Waals surface area contributed by atoms with E-state index < -0.39 is 0 Å². The van der Waals surface area contributed by atoms with E-state index in [9.17, 15) is 0 Å². The van der Waals surface area contributed by atoms with E-state index in [1.165, 1.54) is 19.3 Å². The molecule has 0 aromatic heterocycles. The van der Waals surface area contributed by atoms with Crippen molar-refractivity contribution in [1.29, 1.82) is 0 Å². The molecule has 10 heavy (non-hydrogen) atoms. The van der Waals surface area contributed by atoms with E-state index in [2.05, 4.69) is 12.6 Å². The van der Waals surface area contributed by atoms with Crippen molar-refractivity contribution in [3.63, 3.8) is 0 Å². The summed E-state index contributed by atoms with van der Waals surface area (Å²) in [5, 5.41) is 0. The Hall–Kier alpha value is 0.310. The summed E-state index contributed by atoms with van der Waals surface area (Å²) in [6.45, 7) is 1.95.